The summed E-state index contributed by atoms with van der Waals surface area (Å²) in [5, 5.41) is 3.58. The SMILES string of the molecule is COC1CNC(CN2CCC(N3CCOCC3)C2)C1. The Hall–Kier alpha value is -0.200. The lowest BCUT2D eigenvalue weighted by molar-refractivity contribution is 0.0183. The maximum absolute atomic E-state index is 5.44. The molecule has 3 unspecified atom stereocenters. The lowest BCUT2D eigenvalue weighted by Gasteiger charge is -2.32. The van der Waals surface area contributed by atoms with E-state index in [0.717, 1.165) is 45.3 Å². The third-order valence-electron chi connectivity index (χ3n) is 4.80. The van der Waals surface area contributed by atoms with Crippen molar-refractivity contribution in [3.05, 3.63) is 0 Å². The minimum Gasteiger partial charge on any atom is -0.380 e. The molecule has 3 fully saturated rings. The molecule has 19 heavy (non-hydrogen) atoms. The summed E-state index contributed by atoms with van der Waals surface area (Å²) in [6.45, 7) is 8.74. The molecule has 0 aliphatic carbocycles. The van der Waals surface area contributed by atoms with Crippen molar-refractivity contribution in [1.82, 2.24) is 15.1 Å². The first-order valence-electron chi connectivity index (χ1n) is 7.65. The van der Waals surface area contributed by atoms with Gasteiger partial charge in [0.05, 0.1) is 19.3 Å². The van der Waals surface area contributed by atoms with Gasteiger partial charge in [0.15, 0.2) is 0 Å². The van der Waals surface area contributed by atoms with E-state index in [1.165, 1.54) is 26.1 Å². The zero-order valence-electron chi connectivity index (χ0n) is 12.0. The molecule has 5 nitrogen and oxygen atoms in total. The van der Waals surface area contributed by atoms with Crippen LogP contribution in [0.15, 0.2) is 0 Å². The highest BCUT2D eigenvalue weighted by molar-refractivity contribution is 4.89. The minimum atomic E-state index is 0.419. The molecule has 0 aromatic carbocycles. The Morgan fingerprint density at radius 2 is 2.11 bits per heavy atom. The highest BCUT2D eigenvalue weighted by atomic mass is 16.5. The van der Waals surface area contributed by atoms with Crippen LogP contribution in [-0.2, 0) is 9.47 Å². The van der Waals surface area contributed by atoms with Crippen molar-refractivity contribution >= 4 is 0 Å². The Balaban J connectivity index is 1.41. The highest BCUT2D eigenvalue weighted by Crippen LogP contribution is 2.19. The second-order valence-electron chi connectivity index (χ2n) is 6.05. The number of nitrogens with zero attached hydrogens (tertiary/aromatic N) is 2. The summed E-state index contributed by atoms with van der Waals surface area (Å²) >= 11 is 0. The largest absolute Gasteiger partial charge is 0.380 e. The Kier molecular flexibility index (Phi) is 4.71. The van der Waals surface area contributed by atoms with Crippen LogP contribution in [0.4, 0.5) is 0 Å². The third-order valence-corrected chi connectivity index (χ3v) is 4.80. The van der Waals surface area contributed by atoms with Gasteiger partial charge in [0.1, 0.15) is 0 Å². The van der Waals surface area contributed by atoms with Gasteiger partial charge in [-0.3, -0.25) is 4.90 Å². The van der Waals surface area contributed by atoms with E-state index in [-0.39, 0.29) is 0 Å². The van der Waals surface area contributed by atoms with Crippen LogP contribution < -0.4 is 5.32 Å². The fourth-order valence-corrected chi connectivity index (χ4v) is 3.63. The van der Waals surface area contributed by atoms with Gasteiger partial charge in [0.25, 0.3) is 0 Å². The maximum atomic E-state index is 5.44. The van der Waals surface area contributed by atoms with Crippen LogP contribution in [0.2, 0.25) is 0 Å². The number of hydrogen-bond acceptors (Lipinski definition) is 5. The van der Waals surface area contributed by atoms with E-state index < -0.39 is 0 Å². The first kappa shape index (κ1) is 13.8. The second kappa shape index (κ2) is 6.50. The summed E-state index contributed by atoms with van der Waals surface area (Å²) in [7, 11) is 1.82. The monoisotopic (exact) mass is 269 g/mol. The summed E-state index contributed by atoms with van der Waals surface area (Å²) < 4.78 is 10.9. The molecule has 1 N–H and O–H groups in total. The van der Waals surface area contributed by atoms with Gasteiger partial charge in [-0.2, -0.15) is 0 Å². The van der Waals surface area contributed by atoms with Gasteiger partial charge in [0.2, 0.25) is 0 Å². The lowest BCUT2D eigenvalue weighted by atomic mass is 10.2. The third kappa shape index (κ3) is 3.47. The van der Waals surface area contributed by atoms with Crippen LogP contribution in [0.5, 0.6) is 0 Å². The Bertz CT molecular complexity index is 284. The number of ether oxygens (including phenoxy) is 2. The molecule has 3 aliphatic heterocycles. The van der Waals surface area contributed by atoms with E-state index in [1.54, 1.807) is 0 Å². The molecule has 3 saturated heterocycles. The van der Waals surface area contributed by atoms with Crippen LogP contribution in [0.1, 0.15) is 12.8 Å². The van der Waals surface area contributed by atoms with Crippen LogP contribution >= 0.6 is 0 Å². The summed E-state index contributed by atoms with van der Waals surface area (Å²) in [6, 6.07) is 1.37. The molecule has 0 radical (unpaired) electrons. The smallest absolute Gasteiger partial charge is 0.0711 e. The highest BCUT2D eigenvalue weighted by Gasteiger charge is 2.31. The van der Waals surface area contributed by atoms with Crippen molar-refractivity contribution in [2.75, 3.05) is 59.6 Å². The second-order valence-corrected chi connectivity index (χ2v) is 6.05. The van der Waals surface area contributed by atoms with Crippen molar-refractivity contribution in [3.63, 3.8) is 0 Å². The number of nitrogens with one attached hydrogen (secondary N) is 1. The van der Waals surface area contributed by atoms with Crippen molar-refractivity contribution < 1.29 is 9.47 Å². The topological polar surface area (TPSA) is 37.0 Å². The van der Waals surface area contributed by atoms with Gasteiger partial charge in [0, 0.05) is 51.9 Å². The van der Waals surface area contributed by atoms with E-state index in [4.69, 9.17) is 9.47 Å². The van der Waals surface area contributed by atoms with Crippen LogP contribution in [0, 0.1) is 0 Å². The fourth-order valence-electron chi connectivity index (χ4n) is 3.63. The van der Waals surface area contributed by atoms with Crippen molar-refractivity contribution in [3.8, 4) is 0 Å². The summed E-state index contributed by atoms with van der Waals surface area (Å²) in [6.07, 6.45) is 2.90. The molecule has 3 aliphatic rings. The van der Waals surface area contributed by atoms with Crippen molar-refractivity contribution in [2.45, 2.75) is 31.0 Å². The molecule has 0 aromatic heterocycles. The first-order valence-corrected chi connectivity index (χ1v) is 7.65. The predicted octanol–water partition coefficient (Wildman–Crippen LogP) is -0.230. The molecular formula is C14H27N3O2. The molecule has 3 atom stereocenters. The van der Waals surface area contributed by atoms with Crippen LogP contribution in [0.25, 0.3) is 0 Å². The summed E-state index contributed by atoms with van der Waals surface area (Å²) in [4.78, 5) is 5.24. The number of likely N-dealkylation sites (tertiary alicyclic amines) is 1. The molecule has 0 saturated carbocycles. The maximum Gasteiger partial charge on any atom is 0.0711 e. The number of morpholine rings is 1. The molecule has 0 amide bonds. The van der Waals surface area contributed by atoms with Gasteiger partial charge in [-0.15, -0.1) is 0 Å². The quantitative estimate of drug-likeness (QED) is 0.763. The summed E-state index contributed by atoms with van der Waals surface area (Å²) in [5.74, 6) is 0. The molecule has 0 spiro atoms. The van der Waals surface area contributed by atoms with Crippen LogP contribution in [-0.4, -0.2) is 87.6 Å². The normalized spacial score (nSPS) is 38.1. The minimum absolute atomic E-state index is 0.419. The first-order chi connectivity index (χ1) is 9.35. The molecule has 5 heteroatoms. The van der Waals surface area contributed by atoms with Gasteiger partial charge in [-0.25, -0.2) is 0 Å². The number of rotatable bonds is 4. The van der Waals surface area contributed by atoms with E-state index in [0.29, 0.717) is 12.1 Å². The molecule has 110 valence electrons. The van der Waals surface area contributed by atoms with Gasteiger partial charge in [-0.1, -0.05) is 0 Å². The molecule has 0 aromatic rings. The Morgan fingerprint density at radius 3 is 2.84 bits per heavy atom. The lowest BCUT2D eigenvalue weighted by Crippen LogP contribution is -2.45. The van der Waals surface area contributed by atoms with Gasteiger partial charge in [-0.05, 0) is 19.4 Å². The Morgan fingerprint density at radius 1 is 1.26 bits per heavy atom. The average Bonchev–Trinajstić information content (AvgIpc) is 3.09. The Labute approximate surface area is 116 Å². The van der Waals surface area contributed by atoms with E-state index in [1.807, 2.05) is 7.11 Å². The van der Waals surface area contributed by atoms with Gasteiger partial charge < -0.3 is 19.7 Å². The zero-order valence-corrected chi connectivity index (χ0v) is 12.0. The van der Waals surface area contributed by atoms with E-state index in [2.05, 4.69) is 15.1 Å². The van der Waals surface area contributed by atoms with Gasteiger partial charge >= 0.3 is 0 Å². The van der Waals surface area contributed by atoms with Crippen molar-refractivity contribution in [1.29, 1.82) is 0 Å². The number of hydrogen-bond donors (Lipinski definition) is 1. The fraction of sp³-hybridized carbons (Fsp3) is 1.00. The number of methoxy groups -OCH3 is 1. The zero-order chi connectivity index (χ0) is 13.1. The van der Waals surface area contributed by atoms with Crippen LogP contribution in [0.3, 0.4) is 0 Å². The molecular weight excluding hydrogens is 242 g/mol. The standard InChI is InChI=1S/C14H27N3O2/c1-18-14-8-12(15-9-14)10-16-3-2-13(11-16)17-4-6-19-7-5-17/h12-15H,2-11H2,1H3. The summed E-state index contributed by atoms with van der Waals surface area (Å²) in [5.41, 5.74) is 0. The van der Waals surface area contributed by atoms with Crippen molar-refractivity contribution in [2.24, 2.45) is 0 Å². The molecule has 0 bridgehead atoms. The average molecular weight is 269 g/mol. The molecule has 3 heterocycles. The van der Waals surface area contributed by atoms with E-state index >= 15 is 0 Å². The molecule has 3 rings (SSSR count). The predicted molar refractivity (Wildman–Crippen MR) is 74.4 cm³/mol. The van der Waals surface area contributed by atoms with E-state index in [9.17, 15) is 0 Å².